The van der Waals surface area contributed by atoms with Crippen LogP contribution in [0, 0.1) is 13.8 Å². The largest absolute Gasteiger partial charge is 0.452 e. The van der Waals surface area contributed by atoms with Crippen LogP contribution in [0.1, 0.15) is 27.0 Å². The van der Waals surface area contributed by atoms with E-state index in [9.17, 15) is 9.59 Å². The van der Waals surface area contributed by atoms with Gasteiger partial charge in [0.15, 0.2) is 6.61 Å². The number of rotatable bonds is 5. The van der Waals surface area contributed by atoms with E-state index in [0.29, 0.717) is 12.1 Å². The topological polar surface area (TPSA) is 46.6 Å². The van der Waals surface area contributed by atoms with E-state index >= 15 is 0 Å². The summed E-state index contributed by atoms with van der Waals surface area (Å²) in [6.07, 6.45) is 0. The number of carbonyl (C=O) groups excluding carboxylic acids is 2. The standard InChI is InChI=1S/C17H19NO3S/c1-12-4-5-13(2)15(8-12)17(20)21-10-16(19)18(3)9-14-6-7-22-11-14/h4-8,11H,9-10H2,1-3H3. The highest BCUT2D eigenvalue weighted by Gasteiger charge is 2.15. The summed E-state index contributed by atoms with van der Waals surface area (Å²) in [4.78, 5) is 25.6. The highest BCUT2D eigenvalue weighted by molar-refractivity contribution is 7.07. The third kappa shape index (κ3) is 4.18. The molecule has 0 aliphatic carbocycles. The van der Waals surface area contributed by atoms with Crippen molar-refractivity contribution in [3.8, 4) is 0 Å². The van der Waals surface area contributed by atoms with Gasteiger partial charge >= 0.3 is 5.97 Å². The first-order valence-corrected chi connectivity index (χ1v) is 7.91. The highest BCUT2D eigenvalue weighted by Crippen LogP contribution is 2.12. The van der Waals surface area contributed by atoms with Crippen molar-refractivity contribution in [3.05, 3.63) is 57.3 Å². The number of nitrogens with zero attached hydrogens (tertiary/aromatic N) is 1. The lowest BCUT2D eigenvalue weighted by Crippen LogP contribution is -2.30. The molecule has 0 aliphatic rings. The molecule has 0 atom stereocenters. The smallest absolute Gasteiger partial charge is 0.338 e. The van der Waals surface area contributed by atoms with E-state index in [2.05, 4.69) is 0 Å². The minimum atomic E-state index is -0.460. The van der Waals surface area contributed by atoms with Crippen LogP contribution in [-0.4, -0.2) is 30.4 Å². The molecule has 0 radical (unpaired) electrons. The van der Waals surface area contributed by atoms with Crippen molar-refractivity contribution < 1.29 is 14.3 Å². The highest BCUT2D eigenvalue weighted by atomic mass is 32.1. The fraction of sp³-hybridized carbons (Fsp3) is 0.294. The van der Waals surface area contributed by atoms with Crippen LogP contribution in [0.2, 0.25) is 0 Å². The predicted molar refractivity (Wildman–Crippen MR) is 87.0 cm³/mol. The molecule has 0 saturated heterocycles. The van der Waals surface area contributed by atoms with E-state index in [1.54, 1.807) is 29.4 Å². The fourth-order valence-corrected chi connectivity index (χ4v) is 2.68. The van der Waals surface area contributed by atoms with Gasteiger partial charge in [-0.25, -0.2) is 4.79 Å². The zero-order valence-electron chi connectivity index (χ0n) is 13.0. The number of likely N-dealkylation sites (N-methyl/N-ethyl adjacent to an activating group) is 1. The molecule has 0 spiro atoms. The van der Waals surface area contributed by atoms with Crippen LogP contribution >= 0.6 is 11.3 Å². The number of hydrogen-bond donors (Lipinski definition) is 0. The van der Waals surface area contributed by atoms with Gasteiger partial charge in [0.05, 0.1) is 5.56 Å². The molecule has 1 amide bonds. The number of hydrogen-bond acceptors (Lipinski definition) is 4. The molecule has 1 aromatic carbocycles. The second kappa shape index (κ2) is 7.22. The quantitative estimate of drug-likeness (QED) is 0.796. The number of carbonyl (C=O) groups is 2. The van der Waals surface area contributed by atoms with E-state index in [1.165, 1.54) is 0 Å². The molecule has 1 heterocycles. The van der Waals surface area contributed by atoms with Crippen LogP contribution in [0.25, 0.3) is 0 Å². The maximum absolute atomic E-state index is 12.1. The van der Waals surface area contributed by atoms with Crippen LogP contribution in [0.3, 0.4) is 0 Å². The number of ether oxygens (including phenoxy) is 1. The molecule has 0 saturated carbocycles. The third-order valence-corrected chi connectivity index (χ3v) is 4.10. The van der Waals surface area contributed by atoms with Gasteiger partial charge in [-0.1, -0.05) is 17.7 Å². The van der Waals surface area contributed by atoms with Crippen molar-refractivity contribution in [3.63, 3.8) is 0 Å². The Balaban J connectivity index is 1.90. The molecule has 0 aliphatic heterocycles. The summed E-state index contributed by atoms with van der Waals surface area (Å²) in [6.45, 7) is 4.03. The molecule has 2 aromatic rings. The van der Waals surface area contributed by atoms with E-state index in [-0.39, 0.29) is 12.5 Å². The average Bonchev–Trinajstić information content (AvgIpc) is 2.99. The van der Waals surface area contributed by atoms with E-state index in [0.717, 1.165) is 16.7 Å². The third-order valence-electron chi connectivity index (χ3n) is 3.37. The minimum absolute atomic E-state index is 0.218. The summed E-state index contributed by atoms with van der Waals surface area (Å²) in [5.41, 5.74) is 3.41. The van der Waals surface area contributed by atoms with Crippen molar-refractivity contribution in [2.45, 2.75) is 20.4 Å². The van der Waals surface area contributed by atoms with Crippen molar-refractivity contribution in [2.75, 3.05) is 13.7 Å². The fourth-order valence-electron chi connectivity index (χ4n) is 2.02. The summed E-state index contributed by atoms with van der Waals surface area (Å²) in [6, 6.07) is 7.55. The van der Waals surface area contributed by atoms with Gasteiger partial charge in [-0.05, 0) is 47.9 Å². The van der Waals surface area contributed by atoms with Crippen LogP contribution in [0.5, 0.6) is 0 Å². The van der Waals surface area contributed by atoms with Gasteiger partial charge in [0.2, 0.25) is 0 Å². The first-order valence-electron chi connectivity index (χ1n) is 6.97. The summed E-state index contributed by atoms with van der Waals surface area (Å²) in [5, 5.41) is 3.96. The second-order valence-electron chi connectivity index (χ2n) is 5.28. The van der Waals surface area contributed by atoms with Gasteiger partial charge in [0.25, 0.3) is 5.91 Å². The van der Waals surface area contributed by atoms with Crippen molar-refractivity contribution in [1.29, 1.82) is 0 Å². The summed E-state index contributed by atoms with van der Waals surface area (Å²) >= 11 is 1.59. The molecule has 0 fully saturated rings. The summed E-state index contributed by atoms with van der Waals surface area (Å²) < 4.78 is 5.14. The number of amides is 1. The van der Waals surface area contributed by atoms with Gasteiger partial charge in [0.1, 0.15) is 0 Å². The maximum atomic E-state index is 12.1. The van der Waals surface area contributed by atoms with Crippen LogP contribution in [0.4, 0.5) is 0 Å². The molecule has 2 rings (SSSR count). The molecule has 22 heavy (non-hydrogen) atoms. The Hall–Kier alpha value is -2.14. The van der Waals surface area contributed by atoms with Crippen LogP contribution < -0.4 is 0 Å². The molecular weight excluding hydrogens is 298 g/mol. The Kier molecular flexibility index (Phi) is 5.33. The molecule has 116 valence electrons. The molecule has 0 unspecified atom stereocenters. The van der Waals surface area contributed by atoms with Crippen molar-refractivity contribution >= 4 is 23.2 Å². The lowest BCUT2D eigenvalue weighted by Gasteiger charge is -2.16. The SMILES string of the molecule is Cc1ccc(C)c(C(=O)OCC(=O)N(C)Cc2ccsc2)c1. The van der Waals surface area contributed by atoms with E-state index in [1.807, 2.05) is 42.8 Å². The van der Waals surface area contributed by atoms with E-state index in [4.69, 9.17) is 4.74 Å². The Morgan fingerprint density at radius 3 is 2.68 bits per heavy atom. The first-order chi connectivity index (χ1) is 10.5. The second-order valence-corrected chi connectivity index (χ2v) is 6.06. The molecule has 5 heteroatoms. The van der Waals surface area contributed by atoms with Gasteiger partial charge in [0, 0.05) is 13.6 Å². The monoisotopic (exact) mass is 317 g/mol. The van der Waals surface area contributed by atoms with Crippen molar-refractivity contribution in [1.82, 2.24) is 4.90 Å². The normalized spacial score (nSPS) is 10.3. The van der Waals surface area contributed by atoms with Crippen LogP contribution in [-0.2, 0) is 16.1 Å². The van der Waals surface area contributed by atoms with Gasteiger partial charge < -0.3 is 9.64 Å². The zero-order valence-corrected chi connectivity index (χ0v) is 13.8. The lowest BCUT2D eigenvalue weighted by atomic mass is 10.1. The Bertz CT molecular complexity index is 665. The number of thiophene rings is 1. The van der Waals surface area contributed by atoms with Gasteiger partial charge in [-0.2, -0.15) is 11.3 Å². The number of aryl methyl sites for hydroxylation is 2. The molecule has 1 aromatic heterocycles. The Morgan fingerprint density at radius 1 is 1.23 bits per heavy atom. The molecule has 4 nitrogen and oxygen atoms in total. The van der Waals surface area contributed by atoms with Crippen LogP contribution in [0.15, 0.2) is 35.0 Å². The average molecular weight is 317 g/mol. The van der Waals surface area contributed by atoms with Gasteiger partial charge in [-0.3, -0.25) is 4.79 Å². The summed E-state index contributed by atoms with van der Waals surface area (Å²) in [5.74, 6) is -0.677. The Morgan fingerprint density at radius 2 is 2.00 bits per heavy atom. The number of benzene rings is 1. The zero-order chi connectivity index (χ0) is 16.1. The van der Waals surface area contributed by atoms with Gasteiger partial charge in [-0.15, -0.1) is 0 Å². The minimum Gasteiger partial charge on any atom is -0.452 e. The maximum Gasteiger partial charge on any atom is 0.338 e. The first kappa shape index (κ1) is 16.2. The van der Waals surface area contributed by atoms with E-state index < -0.39 is 5.97 Å². The molecular formula is C17H19NO3S. The summed E-state index contributed by atoms with van der Waals surface area (Å²) in [7, 11) is 1.70. The predicted octanol–water partition coefficient (Wildman–Crippen LogP) is 3.18. The molecule has 0 N–H and O–H groups in total. The number of esters is 1. The Labute approximate surface area is 134 Å². The molecule has 0 bridgehead atoms. The lowest BCUT2D eigenvalue weighted by molar-refractivity contribution is -0.133. The van der Waals surface area contributed by atoms with Crippen molar-refractivity contribution in [2.24, 2.45) is 0 Å².